The van der Waals surface area contributed by atoms with Gasteiger partial charge in [-0.2, -0.15) is 0 Å². The maximum Gasteiger partial charge on any atom is 0.339 e. The number of ether oxygens (including phenoxy) is 3. The fourth-order valence-electron chi connectivity index (χ4n) is 1.95. The van der Waals surface area contributed by atoms with Gasteiger partial charge in [-0.25, -0.2) is 4.79 Å². The van der Waals surface area contributed by atoms with E-state index < -0.39 is 5.97 Å². The van der Waals surface area contributed by atoms with Crippen molar-refractivity contribution in [3.05, 3.63) is 58.1 Å². The van der Waals surface area contributed by atoms with Crippen LogP contribution in [0.4, 0.5) is 0 Å². The van der Waals surface area contributed by atoms with Crippen LogP contribution in [0.15, 0.2) is 46.9 Å². The van der Waals surface area contributed by atoms with Crippen LogP contribution in [0.25, 0.3) is 0 Å². The molecule has 0 bridgehead atoms. The predicted molar refractivity (Wildman–Crippen MR) is 95.2 cm³/mol. The largest absolute Gasteiger partial charge is 0.490 e. The van der Waals surface area contributed by atoms with E-state index in [0.717, 1.165) is 10.0 Å². The number of esters is 1. The maximum absolute atomic E-state index is 11.9. The maximum atomic E-state index is 11.9. The van der Waals surface area contributed by atoms with Gasteiger partial charge in [0.25, 0.3) is 0 Å². The molecule has 0 aromatic heterocycles. The molecule has 4 nitrogen and oxygen atoms in total. The van der Waals surface area contributed by atoms with Gasteiger partial charge in [0, 0.05) is 4.47 Å². The molecule has 0 aliphatic carbocycles. The molecule has 0 N–H and O–H groups in total. The highest BCUT2D eigenvalue weighted by atomic mass is 79.9. The topological polar surface area (TPSA) is 44.8 Å². The molecule has 0 aliphatic heterocycles. The van der Waals surface area contributed by atoms with Crippen molar-refractivity contribution in [2.75, 3.05) is 13.2 Å². The lowest BCUT2D eigenvalue weighted by Gasteiger charge is -2.13. The first kappa shape index (κ1) is 17.9. The molecule has 2 aromatic carbocycles. The van der Waals surface area contributed by atoms with Gasteiger partial charge in [-0.05, 0) is 42.8 Å². The molecule has 2 aromatic rings. The van der Waals surface area contributed by atoms with Crippen LogP contribution < -0.4 is 9.47 Å². The van der Waals surface area contributed by atoms with Gasteiger partial charge in [-0.3, -0.25) is 0 Å². The molecule has 0 fully saturated rings. The van der Waals surface area contributed by atoms with Crippen LogP contribution in [0.2, 0.25) is 0 Å². The van der Waals surface area contributed by atoms with Gasteiger partial charge in [0.15, 0.2) is 18.1 Å². The molecule has 0 radical (unpaired) electrons. The smallest absolute Gasteiger partial charge is 0.339 e. The van der Waals surface area contributed by atoms with Gasteiger partial charge in [0.1, 0.15) is 6.61 Å². The van der Waals surface area contributed by atoms with Crippen molar-refractivity contribution < 1.29 is 19.0 Å². The fourth-order valence-corrected chi connectivity index (χ4v) is 2.22. The molecule has 0 aliphatic rings. The molecule has 0 saturated carbocycles. The fraction of sp³-hybridized carbons (Fsp3) is 0.211. The van der Waals surface area contributed by atoms with Crippen molar-refractivity contribution in [3.8, 4) is 23.8 Å². The summed E-state index contributed by atoms with van der Waals surface area (Å²) in [4.78, 5) is 11.9. The quantitative estimate of drug-likeness (QED) is 0.526. The molecule has 0 spiro atoms. The molecule has 0 saturated heterocycles. The number of halogens is 1. The van der Waals surface area contributed by atoms with E-state index in [1.54, 1.807) is 18.2 Å². The van der Waals surface area contributed by atoms with Crippen molar-refractivity contribution >= 4 is 21.9 Å². The molecule has 0 unspecified atom stereocenters. The highest BCUT2D eigenvalue weighted by Gasteiger charge is 2.12. The van der Waals surface area contributed by atoms with Crippen LogP contribution in [-0.2, 0) is 11.3 Å². The molecule has 0 heterocycles. The SMILES string of the molecule is C#CCOC(=O)c1ccc(OCc2ccc(Br)cc2)c(OCC)c1. The van der Waals surface area contributed by atoms with E-state index in [2.05, 4.69) is 21.9 Å². The standard InChI is InChI=1S/C19H17BrO4/c1-3-11-23-19(21)15-7-10-17(18(12-15)22-4-2)24-13-14-5-8-16(20)9-6-14/h1,5-10,12H,4,11,13H2,2H3. The molecule has 2 rings (SSSR count). The second-order valence-corrected chi connectivity index (χ2v) is 5.71. The molecule has 24 heavy (non-hydrogen) atoms. The summed E-state index contributed by atoms with van der Waals surface area (Å²) in [5, 5.41) is 0. The third-order valence-electron chi connectivity index (χ3n) is 3.07. The van der Waals surface area contributed by atoms with E-state index in [1.807, 2.05) is 31.2 Å². The number of carbonyl (C=O) groups is 1. The summed E-state index contributed by atoms with van der Waals surface area (Å²) < 4.78 is 17.3. The molecule has 0 atom stereocenters. The number of carbonyl (C=O) groups excluding carboxylic acids is 1. The van der Waals surface area contributed by atoms with E-state index in [1.165, 1.54) is 0 Å². The highest BCUT2D eigenvalue weighted by molar-refractivity contribution is 9.10. The van der Waals surface area contributed by atoms with E-state index in [0.29, 0.717) is 30.3 Å². The Balaban J connectivity index is 2.12. The van der Waals surface area contributed by atoms with Crippen LogP contribution in [0, 0.1) is 12.3 Å². The lowest BCUT2D eigenvalue weighted by atomic mass is 10.2. The zero-order valence-electron chi connectivity index (χ0n) is 13.3. The summed E-state index contributed by atoms with van der Waals surface area (Å²) in [7, 11) is 0. The normalized spacial score (nSPS) is 9.88. The van der Waals surface area contributed by atoms with Crippen molar-refractivity contribution in [2.45, 2.75) is 13.5 Å². The van der Waals surface area contributed by atoms with Gasteiger partial charge in [0.2, 0.25) is 0 Å². The molecule has 5 heteroatoms. The number of terminal acetylenes is 1. The number of hydrogen-bond acceptors (Lipinski definition) is 4. The minimum Gasteiger partial charge on any atom is -0.490 e. The Kier molecular flexibility index (Phi) is 6.71. The van der Waals surface area contributed by atoms with Crippen molar-refractivity contribution in [1.82, 2.24) is 0 Å². The average molecular weight is 389 g/mol. The number of benzene rings is 2. The summed E-state index contributed by atoms with van der Waals surface area (Å²) >= 11 is 3.40. The Morgan fingerprint density at radius 1 is 1.12 bits per heavy atom. The lowest BCUT2D eigenvalue weighted by molar-refractivity contribution is 0.0556. The molecular formula is C19H17BrO4. The minimum absolute atomic E-state index is 0.0649. The minimum atomic E-state index is -0.492. The third kappa shape index (κ3) is 5.04. The second-order valence-electron chi connectivity index (χ2n) is 4.79. The Bertz CT molecular complexity index is 732. The van der Waals surface area contributed by atoms with E-state index >= 15 is 0 Å². The number of rotatable bonds is 7. The van der Waals surface area contributed by atoms with E-state index in [4.69, 9.17) is 20.6 Å². The lowest BCUT2D eigenvalue weighted by Crippen LogP contribution is -2.07. The monoisotopic (exact) mass is 388 g/mol. The number of hydrogen-bond donors (Lipinski definition) is 0. The second kappa shape index (κ2) is 8.99. The van der Waals surface area contributed by atoms with Gasteiger partial charge >= 0.3 is 5.97 Å². The Morgan fingerprint density at radius 2 is 1.88 bits per heavy atom. The van der Waals surface area contributed by atoms with Crippen molar-refractivity contribution in [3.63, 3.8) is 0 Å². The average Bonchev–Trinajstić information content (AvgIpc) is 2.60. The van der Waals surface area contributed by atoms with E-state index in [-0.39, 0.29) is 6.61 Å². The van der Waals surface area contributed by atoms with Gasteiger partial charge in [-0.1, -0.05) is 34.0 Å². The Labute approximate surface area is 149 Å². The Morgan fingerprint density at radius 3 is 2.54 bits per heavy atom. The highest BCUT2D eigenvalue weighted by Crippen LogP contribution is 2.29. The summed E-state index contributed by atoms with van der Waals surface area (Å²) in [6.07, 6.45) is 5.09. The van der Waals surface area contributed by atoms with Crippen LogP contribution in [-0.4, -0.2) is 19.2 Å². The zero-order valence-corrected chi connectivity index (χ0v) is 14.8. The van der Waals surface area contributed by atoms with Crippen LogP contribution in [0.3, 0.4) is 0 Å². The summed E-state index contributed by atoms with van der Waals surface area (Å²) in [5.74, 6) is 2.82. The van der Waals surface area contributed by atoms with E-state index in [9.17, 15) is 4.79 Å². The Hall–Kier alpha value is -2.45. The van der Waals surface area contributed by atoms with Gasteiger partial charge in [-0.15, -0.1) is 6.42 Å². The summed E-state index contributed by atoms with van der Waals surface area (Å²) in [6, 6.07) is 12.7. The van der Waals surface area contributed by atoms with Crippen LogP contribution in [0.5, 0.6) is 11.5 Å². The molecule has 124 valence electrons. The van der Waals surface area contributed by atoms with Crippen molar-refractivity contribution in [1.29, 1.82) is 0 Å². The van der Waals surface area contributed by atoms with Gasteiger partial charge < -0.3 is 14.2 Å². The van der Waals surface area contributed by atoms with Gasteiger partial charge in [0.05, 0.1) is 12.2 Å². The first-order chi connectivity index (χ1) is 11.6. The first-order valence-corrected chi connectivity index (χ1v) is 8.18. The molecular weight excluding hydrogens is 372 g/mol. The molecule has 0 amide bonds. The summed E-state index contributed by atoms with van der Waals surface area (Å²) in [5.41, 5.74) is 1.39. The van der Waals surface area contributed by atoms with Crippen LogP contribution in [0.1, 0.15) is 22.8 Å². The third-order valence-corrected chi connectivity index (χ3v) is 3.60. The zero-order chi connectivity index (χ0) is 17.4. The van der Waals surface area contributed by atoms with Crippen molar-refractivity contribution in [2.24, 2.45) is 0 Å². The first-order valence-electron chi connectivity index (χ1n) is 7.38. The predicted octanol–water partition coefficient (Wildman–Crippen LogP) is 4.22. The van der Waals surface area contributed by atoms with Crippen LogP contribution >= 0.6 is 15.9 Å². The summed E-state index contributed by atoms with van der Waals surface area (Å²) in [6.45, 7) is 2.65.